The SMILES string of the molecule is COC(=O)[C@H](C)NC(=O)C12CC3(C)CC(C)(CC(C)(C3)C1)C2. The molecule has 4 saturated carbocycles. The molecule has 1 amide bonds. The molecule has 0 aromatic rings. The maximum Gasteiger partial charge on any atom is 0.328 e. The third kappa shape index (κ3) is 2.35. The van der Waals surface area contributed by atoms with Gasteiger partial charge in [0.1, 0.15) is 6.04 Å². The van der Waals surface area contributed by atoms with Gasteiger partial charge >= 0.3 is 5.97 Å². The minimum absolute atomic E-state index is 0.0631. The van der Waals surface area contributed by atoms with Crippen molar-refractivity contribution in [1.82, 2.24) is 5.32 Å². The molecule has 4 aliphatic carbocycles. The lowest BCUT2D eigenvalue weighted by molar-refractivity contribution is -0.192. The molecule has 0 radical (unpaired) electrons. The molecule has 0 aliphatic heterocycles. The normalized spacial score (nSPS) is 47.1. The highest BCUT2D eigenvalue weighted by Gasteiger charge is 2.66. The second kappa shape index (κ2) is 4.48. The van der Waals surface area contributed by atoms with E-state index in [0.717, 1.165) is 19.3 Å². The summed E-state index contributed by atoms with van der Waals surface area (Å²) in [5, 5.41) is 2.93. The lowest BCUT2D eigenvalue weighted by Gasteiger charge is -2.68. The van der Waals surface area contributed by atoms with Crippen molar-refractivity contribution in [3.05, 3.63) is 0 Å². The van der Waals surface area contributed by atoms with Gasteiger partial charge < -0.3 is 10.1 Å². The zero-order chi connectivity index (χ0) is 16.4. The number of hydrogen-bond donors (Lipinski definition) is 1. The maximum absolute atomic E-state index is 13.0. The standard InChI is InChI=1S/C18H29NO3/c1-12(13(20)22-5)19-14(21)18-9-15(2)6-16(3,10-18)8-17(4,7-15)11-18/h12H,6-11H2,1-5H3,(H,19,21)/t12-,15?,16?,17?,18?/m0/s1. The van der Waals surface area contributed by atoms with Crippen molar-refractivity contribution in [3.8, 4) is 0 Å². The number of carbonyl (C=O) groups is 2. The van der Waals surface area contributed by atoms with E-state index in [4.69, 9.17) is 4.74 Å². The molecule has 0 unspecified atom stereocenters. The van der Waals surface area contributed by atoms with Gasteiger partial charge in [0.25, 0.3) is 0 Å². The van der Waals surface area contributed by atoms with Crippen molar-refractivity contribution in [2.24, 2.45) is 21.7 Å². The first kappa shape index (κ1) is 15.8. The fourth-order valence-corrected chi connectivity index (χ4v) is 7.12. The van der Waals surface area contributed by atoms with E-state index in [1.54, 1.807) is 6.92 Å². The van der Waals surface area contributed by atoms with Gasteiger partial charge in [-0.2, -0.15) is 0 Å². The molecule has 0 aromatic carbocycles. The zero-order valence-corrected chi connectivity index (χ0v) is 14.5. The highest BCUT2D eigenvalue weighted by molar-refractivity contribution is 5.88. The third-order valence-electron chi connectivity index (χ3n) is 6.24. The van der Waals surface area contributed by atoms with Gasteiger partial charge in [-0.05, 0) is 61.7 Å². The highest BCUT2D eigenvalue weighted by Crippen LogP contribution is 2.73. The topological polar surface area (TPSA) is 55.4 Å². The Bertz CT molecular complexity index is 473. The summed E-state index contributed by atoms with van der Waals surface area (Å²) in [6.07, 6.45) is 6.59. The molecule has 4 rings (SSSR count). The molecule has 4 aliphatic rings. The van der Waals surface area contributed by atoms with Crippen LogP contribution in [0.3, 0.4) is 0 Å². The summed E-state index contributed by atoms with van der Waals surface area (Å²) in [7, 11) is 1.36. The van der Waals surface area contributed by atoms with E-state index in [9.17, 15) is 9.59 Å². The number of carbonyl (C=O) groups excluding carboxylic acids is 2. The van der Waals surface area contributed by atoms with E-state index in [-0.39, 0.29) is 33.5 Å². The van der Waals surface area contributed by atoms with E-state index in [0.29, 0.717) is 0 Å². The highest BCUT2D eigenvalue weighted by atomic mass is 16.5. The van der Waals surface area contributed by atoms with Crippen LogP contribution in [-0.4, -0.2) is 25.0 Å². The minimum Gasteiger partial charge on any atom is -0.467 e. The molecule has 0 saturated heterocycles. The summed E-state index contributed by atoms with van der Waals surface area (Å²) in [4.78, 5) is 24.7. The first-order valence-corrected chi connectivity index (χ1v) is 8.42. The molecule has 4 bridgehead atoms. The van der Waals surface area contributed by atoms with Gasteiger partial charge in [0, 0.05) is 0 Å². The van der Waals surface area contributed by atoms with E-state index in [2.05, 4.69) is 26.1 Å². The van der Waals surface area contributed by atoms with Crippen molar-refractivity contribution >= 4 is 11.9 Å². The predicted molar refractivity (Wildman–Crippen MR) is 84.1 cm³/mol. The quantitative estimate of drug-likeness (QED) is 0.815. The molecule has 22 heavy (non-hydrogen) atoms. The van der Waals surface area contributed by atoms with E-state index < -0.39 is 6.04 Å². The van der Waals surface area contributed by atoms with Crippen molar-refractivity contribution in [3.63, 3.8) is 0 Å². The molecule has 4 fully saturated rings. The smallest absolute Gasteiger partial charge is 0.328 e. The van der Waals surface area contributed by atoms with Crippen LogP contribution in [0, 0.1) is 21.7 Å². The number of ether oxygens (including phenoxy) is 1. The third-order valence-corrected chi connectivity index (χ3v) is 6.24. The molecular formula is C18H29NO3. The van der Waals surface area contributed by atoms with Gasteiger partial charge in [-0.15, -0.1) is 0 Å². The molecule has 4 heteroatoms. The summed E-state index contributed by atoms with van der Waals surface area (Å²) in [6.45, 7) is 8.77. The molecule has 1 atom stereocenters. The Morgan fingerprint density at radius 3 is 1.68 bits per heavy atom. The van der Waals surface area contributed by atoms with Crippen molar-refractivity contribution in [2.75, 3.05) is 7.11 Å². The lowest BCUT2D eigenvalue weighted by Crippen LogP contribution is -2.63. The van der Waals surface area contributed by atoms with E-state index in [1.807, 2.05) is 0 Å². The first-order valence-electron chi connectivity index (χ1n) is 8.42. The Morgan fingerprint density at radius 2 is 1.32 bits per heavy atom. The van der Waals surface area contributed by atoms with Gasteiger partial charge in [-0.25, -0.2) is 4.79 Å². The van der Waals surface area contributed by atoms with Gasteiger partial charge in [0.2, 0.25) is 5.91 Å². The Morgan fingerprint density at radius 1 is 0.909 bits per heavy atom. The predicted octanol–water partition coefficient (Wildman–Crippen LogP) is 3.05. The number of nitrogens with one attached hydrogen (secondary N) is 1. The Kier molecular flexibility index (Phi) is 3.22. The van der Waals surface area contributed by atoms with Crippen LogP contribution in [0.2, 0.25) is 0 Å². The molecule has 0 spiro atoms. The molecule has 0 aromatic heterocycles. The summed E-state index contributed by atoms with van der Waals surface area (Å²) in [5.41, 5.74) is 0.508. The lowest BCUT2D eigenvalue weighted by atomic mass is 9.36. The van der Waals surface area contributed by atoms with Crippen molar-refractivity contribution in [1.29, 1.82) is 0 Å². The zero-order valence-electron chi connectivity index (χ0n) is 14.5. The van der Waals surface area contributed by atoms with Crippen molar-refractivity contribution in [2.45, 2.75) is 72.3 Å². The van der Waals surface area contributed by atoms with Crippen LogP contribution in [0.5, 0.6) is 0 Å². The summed E-state index contributed by atoms with van der Waals surface area (Å²) >= 11 is 0. The second-order valence-corrected chi connectivity index (χ2v) is 9.49. The van der Waals surface area contributed by atoms with Crippen LogP contribution >= 0.6 is 0 Å². The molecule has 4 nitrogen and oxygen atoms in total. The first-order chi connectivity index (χ1) is 10.0. The summed E-state index contributed by atoms with van der Waals surface area (Å²) in [5.74, 6) is -0.310. The van der Waals surface area contributed by atoms with Crippen LogP contribution < -0.4 is 5.32 Å². The van der Waals surface area contributed by atoms with Crippen LogP contribution in [0.15, 0.2) is 0 Å². The summed E-state index contributed by atoms with van der Waals surface area (Å²) in [6, 6.07) is -0.570. The number of amides is 1. The van der Waals surface area contributed by atoms with Gasteiger partial charge in [0.15, 0.2) is 0 Å². The average Bonchev–Trinajstić information content (AvgIpc) is 2.31. The Hall–Kier alpha value is -1.06. The monoisotopic (exact) mass is 307 g/mol. The maximum atomic E-state index is 13.0. The number of methoxy groups -OCH3 is 1. The summed E-state index contributed by atoms with van der Waals surface area (Å²) < 4.78 is 4.74. The van der Waals surface area contributed by atoms with Gasteiger partial charge in [-0.3, -0.25) is 4.79 Å². The van der Waals surface area contributed by atoms with Crippen LogP contribution in [-0.2, 0) is 14.3 Å². The fourth-order valence-electron chi connectivity index (χ4n) is 7.12. The van der Waals surface area contributed by atoms with Gasteiger partial charge in [-0.1, -0.05) is 20.8 Å². The van der Waals surface area contributed by atoms with E-state index in [1.165, 1.54) is 26.4 Å². The number of esters is 1. The molecule has 1 N–H and O–H groups in total. The largest absolute Gasteiger partial charge is 0.467 e. The Balaban J connectivity index is 1.87. The Labute approximate surface area is 133 Å². The molecule has 124 valence electrons. The second-order valence-electron chi connectivity index (χ2n) is 9.49. The number of rotatable bonds is 3. The van der Waals surface area contributed by atoms with Crippen LogP contribution in [0.4, 0.5) is 0 Å². The molecular weight excluding hydrogens is 278 g/mol. The molecule has 0 heterocycles. The van der Waals surface area contributed by atoms with Crippen molar-refractivity contribution < 1.29 is 14.3 Å². The van der Waals surface area contributed by atoms with Gasteiger partial charge in [0.05, 0.1) is 12.5 Å². The van der Waals surface area contributed by atoms with E-state index >= 15 is 0 Å². The van der Waals surface area contributed by atoms with Crippen LogP contribution in [0.25, 0.3) is 0 Å². The average molecular weight is 307 g/mol. The number of hydrogen-bond acceptors (Lipinski definition) is 3. The van der Waals surface area contributed by atoms with Crippen LogP contribution in [0.1, 0.15) is 66.2 Å². The minimum atomic E-state index is -0.570. The fraction of sp³-hybridized carbons (Fsp3) is 0.889.